The second-order valence-corrected chi connectivity index (χ2v) is 5.93. The Morgan fingerprint density at radius 3 is 1.27 bits per heavy atom. The van der Waals surface area contributed by atoms with E-state index in [-0.39, 0.29) is 12.4 Å². The van der Waals surface area contributed by atoms with Crippen molar-refractivity contribution in [1.29, 1.82) is 0 Å². The fourth-order valence-corrected chi connectivity index (χ4v) is 1.53. The predicted molar refractivity (Wildman–Crippen MR) is 135 cm³/mol. The van der Waals surface area contributed by atoms with E-state index in [2.05, 4.69) is 27.7 Å². The normalized spacial score (nSPS) is 9.20. The van der Waals surface area contributed by atoms with Crippen molar-refractivity contribution in [2.75, 3.05) is 0 Å². The molecule has 0 aromatic heterocycles. The molecule has 1 unspecified atom stereocenters. The maximum Gasteiger partial charge on any atom is 0.197 e. The van der Waals surface area contributed by atoms with Crippen molar-refractivity contribution in [3.63, 3.8) is 0 Å². The van der Waals surface area contributed by atoms with Crippen LogP contribution in [0.15, 0.2) is 60.7 Å². The van der Waals surface area contributed by atoms with Gasteiger partial charge in [-0.15, -0.1) is 0 Å². The highest BCUT2D eigenvalue weighted by atomic mass is 16.7. The first-order chi connectivity index (χ1) is 14.4. The standard InChI is InChI=1S/C11H16O2.C6H6O.2C3H8.2C2H6/c1-9(2)12-10(3)13-11-7-5-4-6-8-11;7-6-4-2-1-3-5-6;2*1-3-2;2*1-2/h4-10H,1-3H3;1-5,7H;2*3H2,1-2H3;2*1-2H3. The summed E-state index contributed by atoms with van der Waals surface area (Å²) in [5.41, 5.74) is 0. The molecular formula is C27H50O3. The van der Waals surface area contributed by atoms with Gasteiger partial charge in [0, 0.05) is 0 Å². The van der Waals surface area contributed by atoms with Crippen LogP contribution < -0.4 is 4.74 Å². The van der Waals surface area contributed by atoms with Crippen molar-refractivity contribution in [3.05, 3.63) is 60.7 Å². The highest BCUT2D eigenvalue weighted by Crippen LogP contribution is 2.11. The SMILES string of the molecule is CC.CC.CC(C)OC(C)Oc1ccccc1.CCC.CCC.Oc1ccccc1. The number of rotatable bonds is 4. The van der Waals surface area contributed by atoms with Gasteiger partial charge in [-0.3, -0.25) is 0 Å². The number of hydrogen-bond donors (Lipinski definition) is 1. The zero-order chi connectivity index (χ0) is 24.2. The minimum Gasteiger partial charge on any atom is -0.508 e. The minimum absolute atomic E-state index is 0.192. The van der Waals surface area contributed by atoms with E-state index in [1.54, 1.807) is 24.3 Å². The zero-order valence-electron chi connectivity index (χ0n) is 21.6. The molecule has 3 nitrogen and oxygen atoms in total. The Labute approximate surface area is 188 Å². The summed E-state index contributed by atoms with van der Waals surface area (Å²) in [5.74, 6) is 1.16. The van der Waals surface area contributed by atoms with Crippen molar-refractivity contribution < 1.29 is 14.6 Å². The molecule has 2 aromatic rings. The lowest BCUT2D eigenvalue weighted by Crippen LogP contribution is -2.20. The molecule has 2 rings (SSSR count). The minimum atomic E-state index is -0.192. The van der Waals surface area contributed by atoms with Crippen LogP contribution in [0, 0.1) is 0 Å². The van der Waals surface area contributed by atoms with Crippen LogP contribution >= 0.6 is 0 Å². The fourth-order valence-electron chi connectivity index (χ4n) is 1.53. The topological polar surface area (TPSA) is 38.7 Å². The van der Waals surface area contributed by atoms with E-state index >= 15 is 0 Å². The van der Waals surface area contributed by atoms with E-state index in [0.29, 0.717) is 5.75 Å². The van der Waals surface area contributed by atoms with Crippen molar-refractivity contribution in [1.82, 2.24) is 0 Å². The lowest BCUT2D eigenvalue weighted by molar-refractivity contribution is -0.0950. The summed E-state index contributed by atoms with van der Waals surface area (Å²) in [6, 6.07) is 18.4. The molecule has 0 bridgehead atoms. The molecule has 0 radical (unpaired) electrons. The average Bonchev–Trinajstić information content (AvgIpc) is 2.73. The quantitative estimate of drug-likeness (QED) is 0.499. The molecule has 3 heteroatoms. The molecule has 0 aliphatic heterocycles. The smallest absolute Gasteiger partial charge is 0.197 e. The highest BCUT2D eigenvalue weighted by molar-refractivity contribution is 5.21. The first kappa shape index (κ1) is 35.4. The molecule has 0 fully saturated rings. The van der Waals surface area contributed by atoms with Gasteiger partial charge >= 0.3 is 0 Å². The molecule has 0 aliphatic rings. The number of benzene rings is 2. The van der Waals surface area contributed by atoms with Gasteiger partial charge in [0.1, 0.15) is 11.5 Å². The summed E-state index contributed by atoms with van der Waals surface area (Å²) >= 11 is 0. The Kier molecular flexibility index (Phi) is 37.4. The lowest BCUT2D eigenvalue weighted by atomic mass is 10.3. The predicted octanol–water partition coefficient (Wildman–Crippen LogP) is 9.11. The van der Waals surface area contributed by atoms with Crippen LogP contribution in [0.4, 0.5) is 0 Å². The van der Waals surface area contributed by atoms with E-state index in [0.717, 1.165) is 5.75 Å². The van der Waals surface area contributed by atoms with Gasteiger partial charge in [-0.05, 0) is 45.0 Å². The highest BCUT2D eigenvalue weighted by Gasteiger charge is 2.04. The van der Waals surface area contributed by atoms with E-state index in [4.69, 9.17) is 14.6 Å². The fraction of sp³-hybridized carbons (Fsp3) is 0.556. The molecule has 0 spiro atoms. The van der Waals surface area contributed by atoms with Crippen molar-refractivity contribution in [2.24, 2.45) is 0 Å². The van der Waals surface area contributed by atoms with Gasteiger partial charge in [-0.1, -0.05) is 105 Å². The number of ether oxygens (including phenoxy) is 2. The number of hydrogen-bond acceptors (Lipinski definition) is 3. The van der Waals surface area contributed by atoms with E-state index in [1.807, 2.05) is 84.9 Å². The summed E-state index contributed by atoms with van der Waals surface area (Å²) in [7, 11) is 0. The molecule has 0 amide bonds. The molecule has 0 heterocycles. The van der Waals surface area contributed by atoms with Crippen LogP contribution in [0.5, 0.6) is 11.5 Å². The number of phenolic OH excluding ortho intramolecular Hbond substituents is 1. The Balaban J connectivity index is -0.000000168. The van der Waals surface area contributed by atoms with Crippen LogP contribution in [-0.2, 0) is 4.74 Å². The van der Waals surface area contributed by atoms with E-state index in [1.165, 1.54) is 12.8 Å². The van der Waals surface area contributed by atoms with Crippen molar-refractivity contribution in [2.45, 2.75) is 101 Å². The average molecular weight is 423 g/mol. The summed E-state index contributed by atoms with van der Waals surface area (Å²) < 4.78 is 10.9. The van der Waals surface area contributed by atoms with Gasteiger partial charge in [0.15, 0.2) is 6.29 Å². The molecule has 2 aromatic carbocycles. The summed E-state index contributed by atoms with van der Waals surface area (Å²) in [5, 5.41) is 8.63. The van der Waals surface area contributed by atoms with Crippen LogP contribution in [0.1, 0.15) is 89.0 Å². The zero-order valence-corrected chi connectivity index (χ0v) is 21.6. The Morgan fingerprint density at radius 1 is 0.667 bits per heavy atom. The van der Waals surface area contributed by atoms with Crippen molar-refractivity contribution >= 4 is 0 Å². The Hall–Kier alpha value is -2.00. The van der Waals surface area contributed by atoms with E-state index in [9.17, 15) is 0 Å². The maximum absolute atomic E-state index is 8.63. The first-order valence-corrected chi connectivity index (χ1v) is 11.5. The van der Waals surface area contributed by atoms with Gasteiger partial charge < -0.3 is 14.6 Å². The van der Waals surface area contributed by atoms with E-state index < -0.39 is 0 Å². The summed E-state index contributed by atoms with van der Waals surface area (Å²) in [6.07, 6.45) is 2.50. The van der Waals surface area contributed by atoms with Crippen LogP contribution in [-0.4, -0.2) is 17.5 Å². The summed E-state index contributed by atoms with van der Waals surface area (Å²) in [4.78, 5) is 0. The van der Waals surface area contributed by atoms with Gasteiger partial charge in [0.2, 0.25) is 0 Å². The molecule has 1 N–H and O–H groups in total. The van der Waals surface area contributed by atoms with Crippen LogP contribution in [0.25, 0.3) is 0 Å². The number of aromatic hydroxyl groups is 1. The molecule has 1 atom stereocenters. The lowest BCUT2D eigenvalue weighted by Gasteiger charge is -2.17. The largest absolute Gasteiger partial charge is 0.508 e. The van der Waals surface area contributed by atoms with Crippen LogP contribution in [0.3, 0.4) is 0 Å². The second kappa shape index (κ2) is 31.7. The molecule has 0 aliphatic carbocycles. The molecule has 176 valence electrons. The third kappa shape index (κ3) is 33.6. The van der Waals surface area contributed by atoms with Gasteiger partial charge in [-0.2, -0.15) is 0 Å². The number of phenols is 1. The maximum atomic E-state index is 8.63. The molecular weight excluding hydrogens is 372 g/mol. The Morgan fingerprint density at radius 2 is 1.00 bits per heavy atom. The third-order valence-electron chi connectivity index (χ3n) is 2.27. The molecule has 0 saturated heterocycles. The second-order valence-electron chi connectivity index (χ2n) is 5.93. The first-order valence-electron chi connectivity index (χ1n) is 11.5. The number of para-hydroxylation sites is 2. The molecule has 0 saturated carbocycles. The monoisotopic (exact) mass is 422 g/mol. The third-order valence-corrected chi connectivity index (χ3v) is 2.27. The Bertz CT molecular complexity index is 482. The summed E-state index contributed by atoms with van der Waals surface area (Å²) in [6.45, 7) is 22.4. The van der Waals surface area contributed by atoms with Gasteiger partial charge in [-0.25, -0.2) is 0 Å². The van der Waals surface area contributed by atoms with Gasteiger partial charge in [0.25, 0.3) is 0 Å². The van der Waals surface area contributed by atoms with Crippen molar-refractivity contribution in [3.8, 4) is 11.5 Å². The molecule has 30 heavy (non-hydrogen) atoms. The van der Waals surface area contributed by atoms with Gasteiger partial charge in [0.05, 0.1) is 6.10 Å². The van der Waals surface area contributed by atoms with Crippen LogP contribution in [0.2, 0.25) is 0 Å².